The predicted molar refractivity (Wildman–Crippen MR) is 44.0 cm³/mol. The normalized spacial score (nSPS) is 7.31. The summed E-state index contributed by atoms with van der Waals surface area (Å²) >= 11 is 0. The molecule has 0 saturated heterocycles. The third kappa shape index (κ3) is 37.6. The molecule has 0 atom stereocenters. The minimum Gasteiger partial charge on any atom is -0.502 e. The Morgan fingerprint density at radius 1 is 1.00 bits per heavy atom. The van der Waals surface area contributed by atoms with Crippen molar-refractivity contribution >= 4 is 25.6 Å². The molecule has 74 valence electrons. The van der Waals surface area contributed by atoms with Crippen LogP contribution in [0.2, 0.25) is 0 Å². The monoisotopic (exact) mass is 190 g/mol. The van der Waals surface area contributed by atoms with Crippen molar-refractivity contribution in [1.82, 2.24) is 0 Å². The maximum Gasteiger partial charge on any atom is 0.580 e. The molecule has 0 rings (SSSR count). The summed E-state index contributed by atoms with van der Waals surface area (Å²) in [6.07, 6.45) is 0. The van der Waals surface area contributed by atoms with Crippen LogP contribution in [0, 0.1) is 0 Å². The summed E-state index contributed by atoms with van der Waals surface area (Å²) in [5.41, 5.74) is 0. The van der Waals surface area contributed by atoms with Crippen LogP contribution in [0.5, 0.6) is 0 Å². The van der Waals surface area contributed by atoms with Gasteiger partial charge in [-0.2, -0.15) is 0 Å². The van der Waals surface area contributed by atoms with Gasteiger partial charge in [0.05, 0.1) is 0 Å². The van der Waals surface area contributed by atoms with Crippen LogP contribution < -0.4 is 0 Å². The maximum absolute atomic E-state index is 10.0. The van der Waals surface area contributed by atoms with Crippen molar-refractivity contribution in [2.45, 2.75) is 20.8 Å². The lowest BCUT2D eigenvalue weighted by Gasteiger charge is -1.97. The number of carboxylic acids is 1. The van der Waals surface area contributed by atoms with Crippen LogP contribution in [-0.2, 0) is 23.7 Å². The fourth-order valence-corrected chi connectivity index (χ4v) is 0.195. The largest absolute Gasteiger partial charge is 0.580 e. The van der Waals surface area contributed by atoms with E-state index >= 15 is 0 Å². The van der Waals surface area contributed by atoms with Crippen molar-refractivity contribution in [3.8, 4) is 0 Å². The molecule has 13 heavy (non-hydrogen) atoms. The van der Waals surface area contributed by atoms with Crippen LogP contribution in [-0.4, -0.2) is 30.7 Å². The van der Waals surface area contributed by atoms with E-state index in [0.717, 1.165) is 6.92 Å². The summed E-state index contributed by atoms with van der Waals surface area (Å²) in [5.74, 6) is -1.76. The summed E-state index contributed by atoms with van der Waals surface area (Å²) in [5, 5.41) is 7.42. The molecule has 0 aliphatic rings. The Kier molecular flexibility index (Phi) is 9.25. The minimum atomic E-state index is -0.833. The number of aliphatic carboxylic acids is 1. The molecule has 0 bridgehead atoms. The SMILES string of the molecule is CC(=O)O.CC(=O)OBOC(C)=O. The van der Waals surface area contributed by atoms with E-state index in [1.54, 1.807) is 0 Å². The van der Waals surface area contributed by atoms with Crippen molar-refractivity contribution in [1.29, 1.82) is 0 Å². The summed E-state index contributed by atoms with van der Waals surface area (Å²) in [7, 11) is -0.287. The van der Waals surface area contributed by atoms with Gasteiger partial charge in [0.1, 0.15) is 0 Å². The third-order valence-corrected chi connectivity index (χ3v) is 0.524. The van der Waals surface area contributed by atoms with Crippen LogP contribution in [0.25, 0.3) is 0 Å². The second-order valence-corrected chi connectivity index (χ2v) is 1.91. The molecule has 0 aromatic rings. The molecule has 0 amide bonds. The molecule has 0 spiro atoms. The number of rotatable bonds is 2. The van der Waals surface area contributed by atoms with Gasteiger partial charge in [0.25, 0.3) is 17.9 Å². The number of carbonyl (C=O) groups excluding carboxylic acids is 2. The van der Waals surface area contributed by atoms with E-state index in [1.165, 1.54) is 13.8 Å². The van der Waals surface area contributed by atoms with E-state index in [1.807, 2.05) is 0 Å². The topological polar surface area (TPSA) is 89.9 Å². The van der Waals surface area contributed by atoms with Gasteiger partial charge in [-0.1, -0.05) is 0 Å². The zero-order valence-corrected chi connectivity index (χ0v) is 7.70. The first-order chi connectivity index (χ1) is 5.86. The third-order valence-electron chi connectivity index (χ3n) is 0.524. The van der Waals surface area contributed by atoms with Crippen molar-refractivity contribution < 1.29 is 28.8 Å². The van der Waals surface area contributed by atoms with Crippen LogP contribution in [0.4, 0.5) is 0 Å². The molecule has 0 heterocycles. The van der Waals surface area contributed by atoms with Gasteiger partial charge >= 0.3 is 7.69 Å². The molecule has 0 aliphatic heterocycles. The lowest BCUT2D eigenvalue weighted by molar-refractivity contribution is -0.137. The number of hydrogen-bond acceptors (Lipinski definition) is 5. The maximum atomic E-state index is 10.0. The van der Waals surface area contributed by atoms with E-state index in [-0.39, 0.29) is 7.69 Å². The molecule has 0 fully saturated rings. The Balaban J connectivity index is 0. The second-order valence-electron chi connectivity index (χ2n) is 1.91. The summed E-state index contributed by atoms with van der Waals surface area (Å²) in [4.78, 5) is 29.0. The van der Waals surface area contributed by atoms with E-state index in [4.69, 9.17) is 9.90 Å². The molecule has 0 radical (unpaired) electrons. The molecule has 0 saturated carbocycles. The first kappa shape index (κ1) is 14.0. The quantitative estimate of drug-likeness (QED) is 0.588. The Morgan fingerprint density at radius 3 is 1.38 bits per heavy atom. The van der Waals surface area contributed by atoms with Crippen LogP contribution in [0.15, 0.2) is 0 Å². The first-order valence-corrected chi connectivity index (χ1v) is 3.32. The van der Waals surface area contributed by atoms with Crippen molar-refractivity contribution in [3.05, 3.63) is 0 Å². The smallest absolute Gasteiger partial charge is 0.502 e. The lowest BCUT2D eigenvalue weighted by atomic mass is 10.4. The molecular weight excluding hydrogens is 179 g/mol. The van der Waals surface area contributed by atoms with Crippen LogP contribution in [0.1, 0.15) is 20.8 Å². The van der Waals surface area contributed by atoms with Gasteiger partial charge in [0.2, 0.25) is 0 Å². The molecule has 0 aromatic heterocycles. The molecule has 0 unspecified atom stereocenters. The van der Waals surface area contributed by atoms with Gasteiger partial charge < -0.3 is 14.4 Å². The molecule has 7 heteroatoms. The molecule has 6 nitrogen and oxygen atoms in total. The van der Waals surface area contributed by atoms with Gasteiger partial charge in [-0.3, -0.25) is 14.4 Å². The van der Waals surface area contributed by atoms with Gasteiger partial charge in [-0.25, -0.2) is 0 Å². The Morgan fingerprint density at radius 2 is 1.23 bits per heavy atom. The highest BCUT2D eigenvalue weighted by Crippen LogP contribution is 1.75. The number of carboxylic acid groups (broad SMARTS) is 1. The molecule has 0 aromatic carbocycles. The highest BCUT2D eigenvalue weighted by atomic mass is 16.6. The fraction of sp³-hybridized carbons (Fsp3) is 0.500. The van der Waals surface area contributed by atoms with Crippen LogP contribution >= 0.6 is 0 Å². The Labute approximate surface area is 76.1 Å². The molecule has 1 N–H and O–H groups in total. The molecule has 0 aliphatic carbocycles. The van der Waals surface area contributed by atoms with Crippen molar-refractivity contribution in [3.63, 3.8) is 0 Å². The summed E-state index contributed by atoms with van der Waals surface area (Å²) in [6, 6.07) is 0. The minimum absolute atomic E-state index is 0.287. The van der Waals surface area contributed by atoms with Crippen molar-refractivity contribution in [2.24, 2.45) is 0 Å². The zero-order chi connectivity index (χ0) is 10.9. The predicted octanol–water partition coefficient (Wildman–Crippen LogP) is -0.530. The average Bonchev–Trinajstić information content (AvgIpc) is 1.83. The van der Waals surface area contributed by atoms with Gasteiger partial charge in [0.15, 0.2) is 0 Å². The zero-order valence-electron chi connectivity index (χ0n) is 7.70. The summed E-state index contributed by atoms with van der Waals surface area (Å²) in [6.45, 7) is 3.56. The van der Waals surface area contributed by atoms with Gasteiger partial charge in [-0.05, 0) is 0 Å². The Bertz CT molecular complexity index is 172. The van der Waals surface area contributed by atoms with E-state index in [0.29, 0.717) is 0 Å². The standard InChI is InChI=1S/C4H7BO4.C2H4O2/c1-3(6)8-5-9-4(2)7;1-2(3)4/h5H,1-2H3;1H3,(H,3,4). The van der Waals surface area contributed by atoms with Crippen molar-refractivity contribution in [2.75, 3.05) is 0 Å². The molecular formula is C6H11BO6. The van der Waals surface area contributed by atoms with E-state index < -0.39 is 17.9 Å². The van der Waals surface area contributed by atoms with Gasteiger partial charge in [-0.15, -0.1) is 0 Å². The fourth-order valence-electron chi connectivity index (χ4n) is 0.195. The summed E-state index contributed by atoms with van der Waals surface area (Å²) < 4.78 is 8.54. The van der Waals surface area contributed by atoms with Gasteiger partial charge in [0, 0.05) is 20.8 Å². The average molecular weight is 190 g/mol. The lowest BCUT2D eigenvalue weighted by Crippen LogP contribution is -2.11. The first-order valence-electron chi connectivity index (χ1n) is 3.32. The highest BCUT2D eigenvalue weighted by molar-refractivity contribution is 6.25. The Hall–Kier alpha value is -1.53. The van der Waals surface area contributed by atoms with Crippen LogP contribution in [0.3, 0.4) is 0 Å². The number of carbonyl (C=O) groups is 3. The second kappa shape index (κ2) is 8.57. The van der Waals surface area contributed by atoms with E-state index in [2.05, 4.69) is 9.31 Å². The number of hydrogen-bond donors (Lipinski definition) is 1. The highest BCUT2D eigenvalue weighted by Gasteiger charge is 1.98. The van der Waals surface area contributed by atoms with E-state index in [9.17, 15) is 9.59 Å².